The first-order valence-electron chi connectivity index (χ1n) is 12.5. The lowest BCUT2D eigenvalue weighted by molar-refractivity contribution is -0.0372. The minimum atomic E-state index is -0.526. The molecule has 35 heavy (non-hydrogen) atoms. The van der Waals surface area contributed by atoms with Crippen LogP contribution in [0.25, 0.3) is 11.2 Å². The van der Waals surface area contributed by atoms with Crippen LogP contribution >= 0.6 is 22.6 Å². The summed E-state index contributed by atoms with van der Waals surface area (Å²) in [5.41, 5.74) is 1.91. The summed E-state index contributed by atoms with van der Waals surface area (Å²) >= 11 is 2.24. The molecule has 11 heteroatoms. The van der Waals surface area contributed by atoms with E-state index in [-0.39, 0.29) is 23.8 Å². The van der Waals surface area contributed by atoms with Crippen LogP contribution in [0.2, 0.25) is 0 Å². The Labute approximate surface area is 219 Å². The van der Waals surface area contributed by atoms with Gasteiger partial charge in [-0.2, -0.15) is 5.10 Å². The van der Waals surface area contributed by atoms with Gasteiger partial charge >= 0.3 is 6.09 Å². The second-order valence-corrected chi connectivity index (χ2v) is 11.9. The first-order valence-corrected chi connectivity index (χ1v) is 13.6. The Morgan fingerprint density at radius 2 is 2.00 bits per heavy atom. The molecule has 3 aliphatic heterocycles. The van der Waals surface area contributed by atoms with Crippen LogP contribution < -0.4 is 10.2 Å². The van der Waals surface area contributed by atoms with Gasteiger partial charge in [0.05, 0.1) is 24.9 Å². The van der Waals surface area contributed by atoms with Crippen molar-refractivity contribution in [3.05, 3.63) is 9.39 Å². The Kier molecular flexibility index (Phi) is 6.86. The molecular formula is C24H35IN6O4. The van der Waals surface area contributed by atoms with Crippen molar-refractivity contribution in [1.82, 2.24) is 25.1 Å². The van der Waals surface area contributed by atoms with Gasteiger partial charge in [-0.1, -0.05) is 0 Å². The fourth-order valence-electron chi connectivity index (χ4n) is 5.36. The number of fused-ring (bicyclic) bond motifs is 1. The summed E-state index contributed by atoms with van der Waals surface area (Å²) in [5.74, 6) is 0.899. The number of anilines is 1. The van der Waals surface area contributed by atoms with Crippen molar-refractivity contribution >= 4 is 45.7 Å². The number of hydrogen-bond acceptors (Lipinski definition) is 8. The summed E-state index contributed by atoms with van der Waals surface area (Å²) < 4.78 is 20.1. The minimum Gasteiger partial charge on any atom is -0.444 e. The van der Waals surface area contributed by atoms with E-state index in [0.717, 1.165) is 78.2 Å². The molecule has 0 radical (unpaired) electrons. The van der Waals surface area contributed by atoms with E-state index < -0.39 is 5.60 Å². The third-order valence-corrected chi connectivity index (χ3v) is 7.95. The second-order valence-electron chi connectivity index (χ2n) is 10.9. The largest absolute Gasteiger partial charge is 0.444 e. The van der Waals surface area contributed by atoms with Gasteiger partial charge in [-0.25, -0.2) is 19.4 Å². The van der Waals surface area contributed by atoms with Gasteiger partial charge in [-0.15, -0.1) is 0 Å². The molecule has 2 aromatic rings. The fraction of sp³-hybridized carbons (Fsp3) is 0.750. The van der Waals surface area contributed by atoms with Crippen molar-refractivity contribution < 1.29 is 19.0 Å². The van der Waals surface area contributed by atoms with Crippen LogP contribution in [0.3, 0.4) is 0 Å². The maximum absolute atomic E-state index is 12.4. The molecule has 192 valence electrons. The Morgan fingerprint density at radius 1 is 1.23 bits per heavy atom. The summed E-state index contributed by atoms with van der Waals surface area (Å²) in [4.78, 5) is 24.7. The van der Waals surface area contributed by atoms with Gasteiger partial charge in [-0.3, -0.25) is 0 Å². The molecule has 1 unspecified atom stereocenters. The topological polar surface area (TPSA) is 104 Å². The molecular weight excluding hydrogens is 563 g/mol. The highest BCUT2D eigenvalue weighted by atomic mass is 127. The standard InChI is InChI=1S/C24H35IN6O4/c1-15-20(28-21-18(26-15)19(25)29-31(21)17-7-5-6-12-34-17)30-10-8-24(9-11-30)14-33-13-16(24)27-22(32)35-23(2,3)4/h16-17H,5-14H2,1-4H3,(H,27,32)/t16-,17?/m1/s1. The van der Waals surface area contributed by atoms with Crippen LogP contribution in [-0.4, -0.2) is 70.4 Å². The predicted octanol–water partition coefficient (Wildman–Crippen LogP) is 3.95. The monoisotopic (exact) mass is 598 g/mol. The van der Waals surface area contributed by atoms with E-state index >= 15 is 0 Å². The SMILES string of the molecule is Cc1nc2c(I)nn(C3CCCCO3)c2nc1N1CCC2(CC1)COC[C@H]2NC(=O)OC(C)(C)C. The van der Waals surface area contributed by atoms with Gasteiger partial charge in [0.1, 0.15) is 11.1 Å². The van der Waals surface area contributed by atoms with E-state index in [1.807, 2.05) is 32.4 Å². The lowest BCUT2D eigenvalue weighted by Crippen LogP contribution is -2.53. The van der Waals surface area contributed by atoms with Gasteiger partial charge in [0.15, 0.2) is 21.4 Å². The number of amides is 1. The molecule has 0 bridgehead atoms. The van der Waals surface area contributed by atoms with Crippen molar-refractivity contribution in [3.63, 3.8) is 0 Å². The molecule has 3 aliphatic rings. The zero-order chi connectivity index (χ0) is 24.8. The van der Waals surface area contributed by atoms with Gasteiger partial charge < -0.3 is 24.4 Å². The normalized spacial score (nSPS) is 24.8. The number of carbonyl (C=O) groups is 1. The van der Waals surface area contributed by atoms with Crippen molar-refractivity contribution in [2.45, 2.75) is 77.7 Å². The van der Waals surface area contributed by atoms with E-state index in [2.05, 4.69) is 32.8 Å². The minimum absolute atomic E-state index is 0.0550. The summed E-state index contributed by atoms with van der Waals surface area (Å²) in [6.07, 6.45) is 4.49. The maximum atomic E-state index is 12.4. The average molecular weight is 598 g/mol. The maximum Gasteiger partial charge on any atom is 0.407 e. The van der Waals surface area contributed by atoms with Crippen LogP contribution in [0.4, 0.5) is 10.6 Å². The number of rotatable bonds is 3. The number of carbonyl (C=O) groups excluding carboxylic acids is 1. The van der Waals surface area contributed by atoms with Crippen molar-refractivity contribution in [3.8, 4) is 0 Å². The highest BCUT2D eigenvalue weighted by Crippen LogP contribution is 2.41. The average Bonchev–Trinajstić information content (AvgIpc) is 3.33. The molecule has 0 aromatic carbocycles. The summed E-state index contributed by atoms with van der Waals surface area (Å²) in [6, 6.07) is -0.0550. The molecule has 0 saturated carbocycles. The van der Waals surface area contributed by atoms with Gasteiger partial charge in [0.2, 0.25) is 0 Å². The zero-order valence-electron chi connectivity index (χ0n) is 21.0. The van der Waals surface area contributed by atoms with Crippen LogP contribution in [-0.2, 0) is 14.2 Å². The molecule has 3 saturated heterocycles. The third-order valence-electron chi connectivity index (χ3n) is 7.23. The number of aromatic nitrogens is 4. The fourth-order valence-corrected chi connectivity index (χ4v) is 5.96. The molecule has 1 spiro atoms. The predicted molar refractivity (Wildman–Crippen MR) is 139 cm³/mol. The number of nitrogens with zero attached hydrogens (tertiary/aromatic N) is 5. The lowest BCUT2D eigenvalue weighted by atomic mass is 9.74. The zero-order valence-corrected chi connectivity index (χ0v) is 23.1. The molecule has 5 rings (SSSR count). The quantitative estimate of drug-likeness (QED) is 0.530. The first kappa shape index (κ1) is 24.9. The van der Waals surface area contributed by atoms with Crippen LogP contribution in [0, 0.1) is 16.0 Å². The number of aryl methyl sites for hydroxylation is 1. The van der Waals surface area contributed by atoms with Gasteiger partial charge in [0.25, 0.3) is 0 Å². The number of ether oxygens (including phenoxy) is 3. The smallest absolute Gasteiger partial charge is 0.407 e. The van der Waals surface area contributed by atoms with Crippen molar-refractivity contribution in [1.29, 1.82) is 0 Å². The summed E-state index contributed by atoms with van der Waals surface area (Å²) in [6.45, 7) is 11.2. The molecule has 1 amide bonds. The molecule has 10 nitrogen and oxygen atoms in total. The second kappa shape index (κ2) is 9.62. The van der Waals surface area contributed by atoms with Gasteiger partial charge in [-0.05, 0) is 82.4 Å². The van der Waals surface area contributed by atoms with E-state index in [1.54, 1.807) is 0 Å². The highest BCUT2D eigenvalue weighted by molar-refractivity contribution is 14.1. The Balaban J connectivity index is 1.33. The molecule has 3 fully saturated rings. The van der Waals surface area contributed by atoms with E-state index in [4.69, 9.17) is 29.3 Å². The van der Waals surface area contributed by atoms with E-state index in [0.29, 0.717) is 13.2 Å². The Bertz CT molecular complexity index is 1090. The molecule has 0 aliphatic carbocycles. The lowest BCUT2D eigenvalue weighted by Gasteiger charge is -2.42. The van der Waals surface area contributed by atoms with Crippen molar-refractivity contribution in [2.24, 2.45) is 5.41 Å². The number of piperidine rings is 1. The Morgan fingerprint density at radius 3 is 2.69 bits per heavy atom. The number of alkyl carbamates (subject to hydrolysis) is 1. The summed E-state index contributed by atoms with van der Waals surface area (Å²) in [5, 5.41) is 7.80. The van der Waals surface area contributed by atoms with Crippen LogP contribution in [0.5, 0.6) is 0 Å². The third kappa shape index (κ3) is 5.08. The number of nitrogens with one attached hydrogen (secondary N) is 1. The molecule has 2 aromatic heterocycles. The van der Waals surface area contributed by atoms with Crippen LogP contribution in [0.1, 0.15) is 64.8 Å². The Hall–Kier alpha value is -1.73. The van der Waals surface area contributed by atoms with Crippen molar-refractivity contribution in [2.75, 3.05) is 37.8 Å². The van der Waals surface area contributed by atoms with Crippen LogP contribution in [0.15, 0.2) is 0 Å². The van der Waals surface area contributed by atoms with E-state index in [1.165, 1.54) is 0 Å². The summed E-state index contributed by atoms with van der Waals surface area (Å²) in [7, 11) is 0. The first-order chi connectivity index (χ1) is 16.7. The number of hydrogen-bond donors (Lipinski definition) is 1. The molecule has 5 heterocycles. The highest BCUT2D eigenvalue weighted by Gasteiger charge is 2.47. The molecule has 1 N–H and O–H groups in total. The van der Waals surface area contributed by atoms with E-state index in [9.17, 15) is 4.79 Å². The van der Waals surface area contributed by atoms with Gasteiger partial charge in [0, 0.05) is 25.1 Å². The molecule has 2 atom stereocenters. The number of halogens is 1.